The Labute approximate surface area is 145 Å². The van der Waals surface area contributed by atoms with Crippen molar-refractivity contribution >= 4 is 23.3 Å². The van der Waals surface area contributed by atoms with Crippen LogP contribution in [0.1, 0.15) is 40.1 Å². The summed E-state index contributed by atoms with van der Waals surface area (Å²) in [5.74, 6) is 0.0279. The summed E-state index contributed by atoms with van der Waals surface area (Å²) in [7, 11) is 1.39. The Kier molecular flexibility index (Phi) is 3.94. The number of carbonyl (C=O) groups is 1. The molecule has 0 saturated carbocycles. The number of ether oxygens (including phenoxy) is 2. The Morgan fingerprint density at radius 1 is 1.25 bits per heavy atom. The first-order valence-corrected chi connectivity index (χ1v) is 8.41. The first kappa shape index (κ1) is 15.5. The average molecular weight is 344 g/mol. The molecule has 1 N–H and O–H groups in total. The molecule has 0 aliphatic carbocycles. The lowest BCUT2D eigenvalue weighted by Crippen LogP contribution is -2.29. The van der Waals surface area contributed by atoms with Crippen molar-refractivity contribution in [3.8, 4) is 0 Å². The van der Waals surface area contributed by atoms with Gasteiger partial charge < -0.3 is 14.8 Å². The van der Waals surface area contributed by atoms with Crippen molar-refractivity contribution in [1.82, 2.24) is 0 Å². The van der Waals surface area contributed by atoms with Gasteiger partial charge in [-0.1, -0.05) is 23.7 Å². The van der Waals surface area contributed by atoms with E-state index in [0.717, 1.165) is 34.9 Å². The number of nitrogens with one attached hydrogen (secondary N) is 1. The molecule has 0 radical (unpaired) electrons. The van der Waals surface area contributed by atoms with Gasteiger partial charge in [-0.25, -0.2) is 4.79 Å². The molecule has 2 unspecified atom stereocenters. The van der Waals surface area contributed by atoms with Crippen LogP contribution in [0.25, 0.3) is 0 Å². The molecule has 0 amide bonds. The van der Waals surface area contributed by atoms with Crippen LogP contribution < -0.4 is 5.32 Å². The van der Waals surface area contributed by atoms with Gasteiger partial charge in [-0.3, -0.25) is 0 Å². The minimum Gasteiger partial charge on any atom is -0.465 e. The van der Waals surface area contributed by atoms with Gasteiger partial charge in [0.2, 0.25) is 0 Å². The summed E-state index contributed by atoms with van der Waals surface area (Å²) < 4.78 is 10.8. The molecular formula is C19H18ClNO3. The summed E-state index contributed by atoms with van der Waals surface area (Å²) in [5, 5.41) is 4.35. The van der Waals surface area contributed by atoms with E-state index in [2.05, 4.69) is 5.32 Å². The van der Waals surface area contributed by atoms with Crippen molar-refractivity contribution in [2.45, 2.75) is 18.6 Å². The zero-order valence-corrected chi connectivity index (χ0v) is 14.0. The zero-order chi connectivity index (χ0) is 16.7. The molecule has 124 valence electrons. The molecule has 0 aromatic heterocycles. The third kappa shape index (κ3) is 2.56. The molecular weight excluding hydrogens is 326 g/mol. The van der Waals surface area contributed by atoms with E-state index in [0.29, 0.717) is 11.5 Å². The van der Waals surface area contributed by atoms with Crippen molar-refractivity contribution in [2.24, 2.45) is 5.92 Å². The minimum absolute atomic E-state index is 0.0604. The van der Waals surface area contributed by atoms with E-state index in [4.69, 9.17) is 21.1 Å². The number of rotatable bonds is 2. The Morgan fingerprint density at radius 3 is 2.79 bits per heavy atom. The molecule has 3 atom stereocenters. The second-order valence-corrected chi connectivity index (χ2v) is 6.65. The van der Waals surface area contributed by atoms with Gasteiger partial charge >= 0.3 is 5.97 Å². The predicted octanol–water partition coefficient (Wildman–Crippen LogP) is 4.37. The fourth-order valence-corrected chi connectivity index (χ4v) is 3.90. The topological polar surface area (TPSA) is 47.6 Å². The molecule has 1 saturated heterocycles. The summed E-state index contributed by atoms with van der Waals surface area (Å²) in [4.78, 5) is 11.6. The minimum atomic E-state index is -0.319. The molecule has 2 aliphatic heterocycles. The third-order valence-electron chi connectivity index (χ3n) is 4.89. The van der Waals surface area contributed by atoms with E-state index in [1.54, 1.807) is 0 Å². The van der Waals surface area contributed by atoms with Gasteiger partial charge in [0, 0.05) is 28.8 Å². The van der Waals surface area contributed by atoms with Crippen LogP contribution in [0, 0.1) is 5.92 Å². The second kappa shape index (κ2) is 6.11. The maximum Gasteiger partial charge on any atom is 0.337 e. The SMILES string of the molecule is COC(=O)c1ccc([C@@H]2Nc3ccc(Cl)cc3C3OCCC32)cc1. The van der Waals surface area contributed by atoms with Gasteiger partial charge in [-0.2, -0.15) is 0 Å². The second-order valence-electron chi connectivity index (χ2n) is 6.21. The number of fused-ring (bicyclic) bond motifs is 3. The van der Waals surface area contributed by atoms with Crippen molar-refractivity contribution in [2.75, 3.05) is 19.0 Å². The highest BCUT2D eigenvalue weighted by Gasteiger charge is 2.41. The van der Waals surface area contributed by atoms with Crippen LogP contribution in [0.3, 0.4) is 0 Å². The summed E-state index contributed by atoms with van der Waals surface area (Å²) >= 11 is 6.15. The maximum atomic E-state index is 11.6. The molecule has 2 aromatic carbocycles. The largest absolute Gasteiger partial charge is 0.465 e. The van der Waals surface area contributed by atoms with Crippen LogP contribution in [0.5, 0.6) is 0 Å². The van der Waals surface area contributed by atoms with E-state index in [1.807, 2.05) is 42.5 Å². The van der Waals surface area contributed by atoms with Crippen LogP contribution in [0.2, 0.25) is 5.02 Å². The molecule has 1 fully saturated rings. The summed E-state index contributed by atoms with van der Waals surface area (Å²) in [6, 6.07) is 13.6. The van der Waals surface area contributed by atoms with Gasteiger partial charge in [0.25, 0.3) is 0 Å². The van der Waals surface area contributed by atoms with Crippen LogP contribution in [-0.4, -0.2) is 19.7 Å². The van der Waals surface area contributed by atoms with Crippen LogP contribution in [0.4, 0.5) is 5.69 Å². The first-order chi connectivity index (χ1) is 11.7. The number of esters is 1. The number of hydrogen-bond donors (Lipinski definition) is 1. The molecule has 24 heavy (non-hydrogen) atoms. The standard InChI is InChI=1S/C19H18ClNO3/c1-23-19(22)12-4-2-11(3-5-12)17-14-8-9-24-18(14)15-10-13(20)6-7-16(15)21-17/h2-7,10,14,17-18,21H,8-9H2,1H3/t14?,17-,18?/m0/s1. The zero-order valence-electron chi connectivity index (χ0n) is 13.3. The highest BCUT2D eigenvalue weighted by Crippen LogP contribution is 2.50. The summed E-state index contributed by atoms with van der Waals surface area (Å²) in [6.07, 6.45) is 1.05. The molecule has 4 nitrogen and oxygen atoms in total. The van der Waals surface area contributed by atoms with Crippen molar-refractivity contribution in [3.63, 3.8) is 0 Å². The highest BCUT2D eigenvalue weighted by molar-refractivity contribution is 6.30. The maximum absolute atomic E-state index is 11.6. The van der Waals surface area contributed by atoms with Gasteiger partial charge in [-0.15, -0.1) is 0 Å². The number of hydrogen-bond acceptors (Lipinski definition) is 4. The average Bonchev–Trinajstić information content (AvgIpc) is 3.11. The lowest BCUT2D eigenvalue weighted by atomic mass is 9.81. The van der Waals surface area contributed by atoms with Gasteiger partial charge in [-0.05, 0) is 42.3 Å². The fraction of sp³-hybridized carbons (Fsp3) is 0.316. The number of carbonyl (C=O) groups excluding carboxylic acids is 1. The number of benzene rings is 2. The number of methoxy groups -OCH3 is 1. The Bertz CT molecular complexity index is 775. The molecule has 2 heterocycles. The lowest BCUT2D eigenvalue weighted by molar-refractivity contribution is 0.0600. The van der Waals surface area contributed by atoms with Gasteiger partial charge in [0.05, 0.1) is 24.8 Å². The lowest BCUT2D eigenvalue weighted by Gasteiger charge is -2.36. The van der Waals surface area contributed by atoms with E-state index < -0.39 is 0 Å². The molecule has 0 bridgehead atoms. The monoisotopic (exact) mass is 343 g/mol. The van der Waals surface area contributed by atoms with Crippen molar-refractivity contribution in [3.05, 3.63) is 64.2 Å². The van der Waals surface area contributed by atoms with Crippen molar-refractivity contribution in [1.29, 1.82) is 0 Å². The third-order valence-corrected chi connectivity index (χ3v) is 5.12. The fourth-order valence-electron chi connectivity index (χ4n) is 3.72. The molecule has 0 spiro atoms. The smallest absolute Gasteiger partial charge is 0.337 e. The Hall–Kier alpha value is -2.04. The quantitative estimate of drug-likeness (QED) is 0.822. The Morgan fingerprint density at radius 2 is 2.04 bits per heavy atom. The molecule has 2 aromatic rings. The predicted molar refractivity (Wildman–Crippen MR) is 92.4 cm³/mol. The van der Waals surface area contributed by atoms with Crippen LogP contribution in [0.15, 0.2) is 42.5 Å². The first-order valence-electron chi connectivity index (χ1n) is 8.03. The highest BCUT2D eigenvalue weighted by atomic mass is 35.5. The van der Waals surface area contributed by atoms with Crippen LogP contribution in [-0.2, 0) is 9.47 Å². The summed E-state index contributed by atoms with van der Waals surface area (Å²) in [6.45, 7) is 0.750. The van der Waals surface area contributed by atoms with E-state index in [-0.39, 0.29) is 18.1 Å². The van der Waals surface area contributed by atoms with Gasteiger partial charge in [0.1, 0.15) is 0 Å². The molecule has 2 aliphatic rings. The molecule has 4 rings (SSSR count). The van der Waals surface area contributed by atoms with Crippen molar-refractivity contribution < 1.29 is 14.3 Å². The van der Waals surface area contributed by atoms with E-state index >= 15 is 0 Å². The van der Waals surface area contributed by atoms with Gasteiger partial charge in [0.15, 0.2) is 0 Å². The summed E-state index contributed by atoms with van der Waals surface area (Å²) in [5.41, 5.74) is 3.89. The van der Waals surface area contributed by atoms with E-state index in [9.17, 15) is 4.79 Å². The van der Waals surface area contributed by atoms with E-state index in [1.165, 1.54) is 7.11 Å². The molecule has 5 heteroatoms. The van der Waals surface area contributed by atoms with Crippen LogP contribution >= 0.6 is 11.6 Å². The normalized spacial score (nSPS) is 24.7. The number of halogens is 1. The Balaban J connectivity index is 1.68. The number of anilines is 1.